The van der Waals surface area contributed by atoms with Gasteiger partial charge in [0.1, 0.15) is 0 Å². The topological polar surface area (TPSA) is 43.9 Å². The summed E-state index contributed by atoms with van der Waals surface area (Å²) in [5.41, 5.74) is 3.13. The Morgan fingerprint density at radius 1 is 1.03 bits per heavy atom. The lowest BCUT2D eigenvalue weighted by Crippen LogP contribution is -2.57. The van der Waals surface area contributed by atoms with E-state index in [1.165, 1.54) is 16.0 Å². The van der Waals surface area contributed by atoms with Crippen molar-refractivity contribution in [1.29, 1.82) is 0 Å². The van der Waals surface area contributed by atoms with Crippen molar-refractivity contribution in [3.05, 3.63) is 92.6 Å². The van der Waals surface area contributed by atoms with Crippen LogP contribution in [0.15, 0.2) is 66.0 Å². The molecule has 0 saturated carbocycles. The molecule has 2 aliphatic heterocycles. The first-order valence-corrected chi connectivity index (χ1v) is 13.0. The minimum absolute atomic E-state index is 0.0349. The fourth-order valence-electron chi connectivity index (χ4n) is 5.11. The highest BCUT2D eigenvalue weighted by molar-refractivity contribution is 7.10. The maximum Gasteiger partial charge on any atom is 0.254 e. The summed E-state index contributed by atoms with van der Waals surface area (Å²) in [6, 6.07) is 19.8. The highest BCUT2D eigenvalue weighted by atomic mass is 35.5. The van der Waals surface area contributed by atoms with Gasteiger partial charge in [-0.3, -0.25) is 14.5 Å². The zero-order valence-electron chi connectivity index (χ0n) is 19.2. The minimum atomic E-state index is -0.0565. The first kappa shape index (κ1) is 23.1. The van der Waals surface area contributed by atoms with E-state index >= 15 is 0 Å². The molecule has 0 N–H and O–H groups in total. The highest BCUT2D eigenvalue weighted by Gasteiger charge is 2.34. The normalized spacial score (nSPS) is 20.8. The predicted octanol–water partition coefficient (Wildman–Crippen LogP) is 4.72. The number of fused-ring (bicyclic) bond motifs is 1. The Morgan fingerprint density at radius 2 is 1.85 bits per heavy atom. The first-order valence-electron chi connectivity index (χ1n) is 11.7. The van der Waals surface area contributed by atoms with E-state index in [-0.39, 0.29) is 23.9 Å². The molecule has 5 rings (SSSR count). The van der Waals surface area contributed by atoms with Crippen molar-refractivity contribution in [3.63, 3.8) is 0 Å². The van der Waals surface area contributed by atoms with Gasteiger partial charge in [-0.05, 0) is 54.1 Å². The predicted molar refractivity (Wildman–Crippen MR) is 136 cm³/mol. The number of hydrogen-bond acceptors (Lipinski definition) is 4. The van der Waals surface area contributed by atoms with Crippen molar-refractivity contribution in [2.45, 2.75) is 25.4 Å². The quantitative estimate of drug-likeness (QED) is 0.528. The average molecular weight is 494 g/mol. The third-order valence-corrected chi connectivity index (χ3v) is 8.06. The van der Waals surface area contributed by atoms with Crippen LogP contribution in [-0.4, -0.2) is 65.3 Å². The number of hydrogen-bond donors (Lipinski definition) is 0. The van der Waals surface area contributed by atoms with Gasteiger partial charge in [-0.25, -0.2) is 0 Å². The molecule has 2 amide bonds. The second-order valence-corrected chi connectivity index (χ2v) is 10.5. The van der Waals surface area contributed by atoms with Crippen LogP contribution in [0.4, 0.5) is 0 Å². The molecular formula is C27H28ClN3O2S. The molecule has 1 fully saturated rings. The van der Waals surface area contributed by atoms with Crippen LogP contribution < -0.4 is 0 Å². The number of carbonyl (C=O) groups is 2. The Morgan fingerprint density at radius 3 is 2.62 bits per heavy atom. The van der Waals surface area contributed by atoms with Gasteiger partial charge in [-0.2, -0.15) is 0 Å². The van der Waals surface area contributed by atoms with E-state index in [9.17, 15) is 9.59 Å². The Balaban J connectivity index is 1.27. The van der Waals surface area contributed by atoms with E-state index in [1.54, 1.807) is 24.3 Å². The van der Waals surface area contributed by atoms with Gasteiger partial charge < -0.3 is 9.80 Å². The van der Waals surface area contributed by atoms with Crippen LogP contribution in [0.3, 0.4) is 0 Å². The minimum Gasteiger partial charge on any atom is -0.338 e. The van der Waals surface area contributed by atoms with Gasteiger partial charge in [0.2, 0.25) is 5.91 Å². The summed E-state index contributed by atoms with van der Waals surface area (Å²) in [7, 11) is 0. The van der Waals surface area contributed by atoms with Gasteiger partial charge in [0.05, 0.1) is 12.6 Å². The Hall–Kier alpha value is -2.67. The monoisotopic (exact) mass is 493 g/mol. The molecule has 34 heavy (non-hydrogen) atoms. The zero-order valence-corrected chi connectivity index (χ0v) is 20.8. The van der Waals surface area contributed by atoms with E-state index in [2.05, 4.69) is 40.6 Å². The van der Waals surface area contributed by atoms with Crippen LogP contribution in [0.1, 0.15) is 39.3 Å². The Labute approximate surface area is 209 Å². The van der Waals surface area contributed by atoms with Crippen molar-refractivity contribution >= 4 is 34.8 Å². The molecule has 3 aromatic rings. The fraction of sp³-hybridized carbons (Fsp3) is 0.333. The molecule has 2 aromatic carbocycles. The summed E-state index contributed by atoms with van der Waals surface area (Å²) in [5.74, 6) is 0.0913. The third kappa shape index (κ3) is 4.63. The number of benzene rings is 2. The molecule has 1 aromatic heterocycles. The van der Waals surface area contributed by atoms with E-state index in [1.807, 2.05) is 34.1 Å². The maximum absolute atomic E-state index is 13.4. The van der Waals surface area contributed by atoms with Crippen LogP contribution >= 0.6 is 22.9 Å². The lowest BCUT2D eigenvalue weighted by molar-refractivity contribution is -0.135. The maximum atomic E-state index is 13.4. The Kier molecular flexibility index (Phi) is 6.73. The number of thiophene rings is 1. The standard InChI is InChI=1S/C27H28ClN3O2S/c1-19-17-29(13-14-31(19)27(33)21-8-5-9-22(28)16-21)25(32)18-30-12-10-24-23(11-15-34-24)26(30)20-6-3-2-4-7-20/h2-9,11,15-16,19,26H,10,12-14,17-18H2,1H3/t19-,26-/m1/s1. The van der Waals surface area contributed by atoms with Crippen molar-refractivity contribution in [1.82, 2.24) is 14.7 Å². The van der Waals surface area contributed by atoms with Crippen LogP contribution in [0.2, 0.25) is 5.02 Å². The van der Waals surface area contributed by atoms with Crippen molar-refractivity contribution < 1.29 is 9.59 Å². The van der Waals surface area contributed by atoms with E-state index in [0.29, 0.717) is 36.8 Å². The van der Waals surface area contributed by atoms with E-state index in [4.69, 9.17) is 11.6 Å². The molecule has 2 aliphatic rings. The summed E-state index contributed by atoms with van der Waals surface area (Å²) in [6.45, 7) is 4.86. The summed E-state index contributed by atoms with van der Waals surface area (Å²) < 4.78 is 0. The molecular weight excluding hydrogens is 466 g/mol. The van der Waals surface area contributed by atoms with Gasteiger partial charge in [0, 0.05) is 47.7 Å². The summed E-state index contributed by atoms with van der Waals surface area (Å²) in [5, 5.41) is 2.71. The molecule has 0 unspecified atom stereocenters. The number of piperazine rings is 1. The molecule has 0 aliphatic carbocycles. The molecule has 2 atom stereocenters. The fourth-order valence-corrected chi connectivity index (χ4v) is 6.21. The number of carbonyl (C=O) groups excluding carboxylic acids is 2. The first-order chi connectivity index (χ1) is 16.5. The van der Waals surface area contributed by atoms with Gasteiger partial charge in [0.25, 0.3) is 5.91 Å². The molecule has 7 heteroatoms. The SMILES string of the molecule is C[C@@H]1CN(C(=O)CN2CCc3sccc3[C@H]2c2ccccc2)CCN1C(=O)c1cccc(Cl)c1. The van der Waals surface area contributed by atoms with Crippen molar-refractivity contribution in [3.8, 4) is 0 Å². The number of rotatable bonds is 4. The van der Waals surface area contributed by atoms with Crippen LogP contribution in [0, 0.1) is 0 Å². The molecule has 1 saturated heterocycles. The van der Waals surface area contributed by atoms with Crippen LogP contribution in [-0.2, 0) is 11.2 Å². The van der Waals surface area contributed by atoms with Crippen LogP contribution in [0.25, 0.3) is 0 Å². The Bertz CT molecular complexity index is 1180. The molecule has 3 heterocycles. The number of nitrogens with zero attached hydrogens (tertiary/aromatic N) is 3. The lowest BCUT2D eigenvalue weighted by Gasteiger charge is -2.42. The summed E-state index contributed by atoms with van der Waals surface area (Å²) >= 11 is 7.88. The second-order valence-electron chi connectivity index (χ2n) is 9.03. The van der Waals surface area contributed by atoms with Gasteiger partial charge in [-0.15, -0.1) is 11.3 Å². The zero-order chi connectivity index (χ0) is 23.7. The van der Waals surface area contributed by atoms with Gasteiger partial charge in [0.15, 0.2) is 0 Å². The second kappa shape index (κ2) is 9.90. The summed E-state index contributed by atoms with van der Waals surface area (Å²) in [6.07, 6.45) is 0.974. The summed E-state index contributed by atoms with van der Waals surface area (Å²) in [4.78, 5) is 33.9. The largest absolute Gasteiger partial charge is 0.338 e. The lowest BCUT2D eigenvalue weighted by atomic mass is 9.93. The number of halogens is 1. The average Bonchev–Trinajstić information content (AvgIpc) is 3.33. The molecule has 0 spiro atoms. The molecule has 0 radical (unpaired) electrons. The third-order valence-electron chi connectivity index (χ3n) is 6.83. The number of amides is 2. The van der Waals surface area contributed by atoms with Crippen molar-refractivity contribution in [2.75, 3.05) is 32.7 Å². The van der Waals surface area contributed by atoms with Crippen molar-refractivity contribution in [2.24, 2.45) is 0 Å². The van der Waals surface area contributed by atoms with E-state index in [0.717, 1.165) is 13.0 Å². The molecule has 176 valence electrons. The van der Waals surface area contributed by atoms with Crippen LogP contribution in [0.5, 0.6) is 0 Å². The van der Waals surface area contributed by atoms with Gasteiger partial charge >= 0.3 is 0 Å². The van der Waals surface area contributed by atoms with Gasteiger partial charge in [-0.1, -0.05) is 48.0 Å². The molecule has 0 bridgehead atoms. The highest BCUT2D eigenvalue weighted by Crippen LogP contribution is 2.37. The smallest absolute Gasteiger partial charge is 0.254 e. The molecule has 5 nitrogen and oxygen atoms in total. The van der Waals surface area contributed by atoms with E-state index < -0.39 is 0 Å².